The molecule has 0 saturated carbocycles. The number of carboxylic acid groups (broad SMARTS) is 1. The first-order valence-electron chi connectivity index (χ1n) is 6.48. The van der Waals surface area contributed by atoms with E-state index in [0.29, 0.717) is 6.42 Å². The van der Waals surface area contributed by atoms with Crippen molar-refractivity contribution < 1.29 is 14.7 Å². The Morgan fingerprint density at radius 1 is 0.950 bits per heavy atom. The fourth-order valence-corrected chi connectivity index (χ4v) is 3.98. The van der Waals surface area contributed by atoms with Crippen LogP contribution in [0.15, 0.2) is 0 Å². The number of halogens is 3. The Balaban J connectivity index is 0. The van der Waals surface area contributed by atoms with Crippen LogP contribution in [0.4, 0.5) is 0 Å². The van der Waals surface area contributed by atoms with Gasteiger partial charge in [-0.3, -0.25) is 9.59 Å². The normalized spacial score (nSPS) is 11.6. The molecule has 0 amide bonds. The largest absolute Gasteiger partial charge is 0.481 e. The molecule has 0 saturated heterocycles. The van der Waals surface area contributed by atoms with Gasteiger partial charge in [0.2, 0.25) is 5.24 Å². The summed E-state index contributed by atoms with van der Waals surface area (Å²) in [5.74, 6) is -0.717. The van der Waals surface area contributed by atoms with Crippen LogP contribution in [0.25, 0.3) is 0 Å². The molecule has 0 aromatic carbocycles. The number of alkyl halides is 2. The van der Waals surface area contributed by atoms with Gasteiger partial charge in [0, 0.05) is 17.1 Å². The maximum absolute atomic E-state index is 10.5. The molecular weight excluding hydrogens is 411 g/mol. The molecule has 20 heavy (non-hydrogen) atoms. The zero-order valence-electron chi connectivity index (χ0n) is 12.6. The molecule has 1 N–H and O–H groups in total. The molecule has 0 atom stereocenters. The summed E-state index contributed by atoms with van der Waals surface area (Å²) in [7, 11) is 0. The van der Waals surface area contributed by atoms with Crippen LogP contribution in [-0.4, -0.2) is 27.0 Å². The van der Waals surface area contributed by atoms with Gasteiger partial charge in [-0.05, 0) is 35.3 Å². The third kappa shape index (κ3) is 16.4. The Morgan fingerprint density at radius 3 is 1.55 bits per heavy atom. The van der Waals surface area contributed by atoms with E-state index >= 15 is 0 Å². The van der Waals surface area contributed by atoms with Crippen LogP contribution in [0.3, 0.4) is 0 Å². The van der Waals surface area contributed by atoms with Crippen molar-refractivity contribution in [2.24, 2.45) is 10.8 Å². The third-order valence-electron chi connectivity index (χ3n) is 2.79. The first-order chi connectivity index (χ1) is 8.95. The topological polar surface area (TPSA) is 54.4 Å². The van der Waals surface area contributed by atoms with Crippen LogP contribution in [0.5, 0.6) is 0 Å². The summed E-state index contributed by atoms with van der Waals surface area (Å²) < 4.78 is 0. The number of hydrogen-bond donors (Lipinski definition) is 1. The zero-order valence-corrected chi connectivity index (χ0v) is 16.6. The highest BCUT2D eigenvalue weighted by atomic mass is 79.9. The molecule has 0 aliphatic rings. The Hall–Kier alpha value is 0.390. The quantitative estimate of drug-likeness (QED) is 0.419. The maximum Gasteiger partial charge on any atom is 0.303 e. The molecule has 0 fully saturated rings. The lowest BCUT2D eigenvalue weighted by molar-refractivity contribution is -0.139. The van der Waals surface area contributed by atoms with Gasteiger partial charge in [-0.25, -0.2) is 0 Å². The second-order valence-corrected chi connectivity index (χ2v) is 8.32. The summed E-state index contributed by atoms with van der Waals surface area (Å²) >= 11 is 11.8. The van der Waals surface area contributed by atoms with Crippen molar-refractivity contribution in [3.8, 4) is 0 Å². The molecule has 6 heteroatoms. The van der Waals surface area contributed by atoms with Crippen molar-refractivity contribution in [1.82, 2.24) is 0 Å². The molecule has 0 aromatic heterocycles. The third-order valence-corrected chi connectivity index (χ3v) is 3.72. The Labute approximate surface area is 144 Å². The van der Waals surface area contributed by atoms with Crippen LogP contribution in [0, 0.1) is 10.8 Å². The van der Waals surface area contributed by atoms with Gasteiger partial charge in [-0.2, -0.15) is 0 Å². The van der Waals surface area contributed by atoms with Crippen molar-refractivity contribution >= 4 is 54.7 Å². The van der Waals surface area contributed by atoms with Crippen molar-refractivity contribution in [3.63, 3.8) is 0 Å². The summed E-state index contributed by atoms with van der Waals surface area (Å²) in [5.41, 5.74) is -0.0301. The summed E-state index contributed by atoms with van der Waals surface area (Å²) in [6.07, 6.45) is 2.59. The highest BCUT2D eigenvalue weighted by Gasteiger charge is 2.20. The van der Waals surface area contributed by atoms with Crippen molar-refractivity contribution in [1.29, 1.82) is 0 Å². The second-order valence-electron chi connectivity index (χ2n) is 6.31. The first kappa shape index (κ1) is 22.7. The fraction of sp³-hybridized carbons (Fsp3) is 0.857. The molecular formula is C14H25Br2ClO3. The van der Waals surface area contributed by atoms with E-state index in [4.69, 9.17) is 16.7 Å². The standard InChI is InChI=1S/C7H12BrClO.C7H13BrO2/c2*1-7(2,3-4-8)5-6(9)10/h3-5H2,1-2H3;3-5H2,1-2H3,(H,9,10). The van der Waals surface area contributed by atoms with E-state index in [9.17, 15) is 9.59 Å². The lowest BCUT2D eigenvalue weighted by Gasteiger charge is -2.20. The van der Waals surface area contributed by atoms with Gasteiger partial charge in [0.15, 0.2) is 0 Å². The average Bonchev–Trinajstić information content (AvgIpc) is 2.12. The van der Waals surface area contributed by atoms with Crippen molar-refractivity contribution in [2.75, 3.05) is 10.7 Å². The van der Waals surface area contributed by atoms with Gasteiger partial charge < -0.3 is 5.11 Å². The van der Waals surface area contributed by atoms with Crippen molar-refractivity contribution in [3.05, 3.63) is 0 Å². The number of hydrogen-bond acceptors (Lipinski definition) is 2. The molecule has 0 rings (SSSR count). The Kier molecular flexibility index (Phi) is 12.5. The predicted molar refractivity (Wildman–Crippen MR) is 92.1 cm³/mol. The van der Waals surface area contributed by atoms with E-state index in [1.165, 1.54) is 0 Å². The number of aliphatic carboxylic acids is 1. The average molecular weight is 437 g/mol. The molecule has 3 nitrogen and oxygen atoms in total. The summed E-state index contributed by atoms with van der Waals surface area (Å²) in [6, 6.07) is 0. The van der Waals surface area contributed by atoms with Gasteiger partial charge in [-0.15, -0.1) is 0 Å². The number of carboxylic acids is 1. The van der Waals surface area contributed by atoms with Crippen LogP contribution in [0.2, 0.25) is 0 Å². The minimum Gasteiger partial charge on any atom is -0.481 e. The van der Waals surface area contributed by atoms with E-state index in [0.717, 1.165) is 23.5 Å². The Morgan fingerprint density at radius 2 is 1.30 bits per heavy atom. The summed E-state index contributed by atoms with van der Waals surface area (Å²) in [6.45, 7) is 7.99. The van der Waals surface area contributed by atoms with Gasteiger partial charge in [0.05, 0.1) is 6.42 Å². The predicted octanol–water partition coefficient (Wildman–Crippen LogP) is 5.23. The molecule has 0 aliphatic heterocycles. The minimum atomic E-state index is -0.717. The first-order valence-corrected chi connectivity index (χ1v) is 9.10. The van der Waals surface area contributed by atoms with E-state index in [1.807, 2.05) is 27.7 Å². The molecule has 0 aliphatic carbocycles. The smallest absolute Gasteiger partial charge is 0.303 e. The van der Waals surface area contributed by atoms with Crippen molar-refractivity contribution in [2.45, 2.75) is 53.4 Å². The Bertz CT molecular complexity index is 275. The SMILES string of the molecule is CC(C)(CCBr)CC(=O)Cl.CC(C)(CCBr)CC(=O)O. The maximum atomic E-state index is 10.5. The van der Waals surface area contributed by atoms with Gasteiger partial charge >= 0.3 is 5.97 Å². The molecule has 0 unspecified atom stereocenters. The number of rotatable bonds is 8. The second kappa shape index (κ2) is 11.0. The number of carbonyl (C=O) groups excluding carboxylic acids is 1. The monoisotopic (exact) mass is 434 g/mol. The molecule has 0 spiro atoms. The van der Waals surface area contributed by atoms with E-state index < -0.39 is 5.97 Å². The highest BCUT2D eigenvalue weighted by molar-refractivity contribution is 9.09. The van der Waals surface area contributed by atoms with Gasteiger partial charge in [0.25, 0.3) is 0 Å². The molecule has 0 heterocycles. The lowest BCUT2D eigenvalue weighted by Crippen LogP contribution is -2.16. The zero-order chi connectivity index (χ0) is 16.4. The summed E-state index contributed by atoms with van der Waals surface area (Å²) in [4.78, 5) is 20.8. The minimum absolute atomic E-state index is 0.0440. The van der Waals surface area contributed by atoms with Crippen LogP contribution < -0.4 is 0 Å². The molecule has 0 aromatic rings. The molecule has 0 bridgehead atoms. The molecule has 0 radical (unpaired) electrons. The van der Waals surface area contributed by atoms with Crippen LogP contribution in [-0.2, 0) is 9.59 Å². The fourth-order valence-electron chi connectivity index (χ4n) is 1.47. The van der Waals surface area contributed by atoms with E-state index in [2.05, 4.69) is 31.9 Å². The van der Waals surface area contributed by atoms with E-state index in [1.54, 1.807) is 0 Å². The van der Waals surface area contributed by atoms with E-state index in [-0.39, 0.29) is 22.5 Å². The molecule has 120 valence electrons. The van der Waals surface area contributed by atoms with Crippen LogP contribution >= 0.6 is 43.5 Å². The summed E-state index contributed by atoms with van der Waals surface area (Å²) in [5, 5.41) is 10.0. The highest BCUT2D eigenvalue weighted by Crippen LogP contribution is 2.26. The van der Waals surface area contributed by atoms with Gasteiger partial charge in [-0.1, -0.05) is 59.6 Å². The van der Waals surface area contributed by atoms with Gasteiger partial charge in [0.1, 0.15) is 0 Å². The number of carbonyl (C=O) groups is 2. The van der Waals surface area contributed by atoms with Crippen LogP contribution in [0.1, 0.15) is 53.4 Å². The lowest BCUT2D eigenvalue weighted by atomic mass is 9.87.